The van der Waals surface area contributed by atoms with Crippen molar-refractivity contribution >= 4 is 16.6 Å². The van der Waals surface area contributed by atoms with Gasteiger partial charge in [0.1, 0.15) is 0 Å². The van der Waals surface area contributed by atoms with Crippen LogP contribution < -0.4 is 5.32 Å². The van der Waals surface area contributed by atoms with Crippen molar-refractivity contribution in [2.24, 2.45) is 0 Å². The van der Waals surface area contributed by atoms with Crippen LogP contribution in [-0.4, -0.2) is 16.2 Å². The average molecular weight is 175 g/mol. The summed E-state index contributed by atoms with van der Waals surface area (Å²) in [6.07, 6.45) is 1.83. The first-order chi connectivity index (χ1) is 6.25. The van der Waals surface area contributed by atoms with Gasteiger partial charge in [-0.1, -0.05) is 0 Å². The lowest BCUT2D eigenvalue weighted by Crippen LogP contribution is -2.09. The number of hydrogen-bond acceptors (Lipinski definition) is 2. The van der Waals surface area contributed by atoms with Crippen LogP contribution in [0.1, 0.15) is 13.8 Å². The zero-order chi connectivity index (χ0) is 9.26. The fourth-order valence-corrected chi connectivity index (χ4v) is 1.37. The number of anilines is 1. The molecule has 13 heavy (non-hydrogen) atoms. The Bertz CT molecular complexity index is 403. The van der Waals surface area contributed by atoms with Gasteiger partial charge in [-0.3, -0.25) is 5.10 Å². The van der Waals surface area contributed by atoms with Gasteiger partial charge < -0.3 is 5.32 Å². The molecule has 0 spiro atoms. The summed E-state index contributed by atoms with van der Waals surface area (Å²) in [4.78, 5) is 0. The summed E-state index contributed by atoms with van der Waals surface area (Å²) in [7, 11) is 0. The van der Waals surface area contributed by atoms with Crippen LogP contribution in [0.3, 0.4) is 0 Å². The molecule has 0 aliphatic heterocycles. The van der Waals surface area contributed by atoms with E-state index in [-0.39, 0.29) is 0 Å². The fourth-order valence-electron chi connectivity index (χ4n) is 1.37. The first-order valence-corrected chi connectivity index (χ1v) is 4.45. The van der Waals surface area contributed by atoms with Crippen LogP contribution >= 0.6 is 0 Å². The van der Waals surface area contributed by atoms with E-state index < -0.39 is 0 Å². The molecule has 0 amide bonds. The standard InChI is InChI=1S/C10H13N3/c1-7(2)12-9-3-4-10-8(5-9)6-11-13-10/h3-7,12H,1-2H3,(H,11,13). The molecule has 0 bridgehead atoms. The molecule has 0 unspecified atom stereocenters. The van der Waals surface area contributed by atoms with Crippen molar-refractivity contribution in [2.75, 3.05) is 5.32 Å². The van der Waals surface area contributed by atoms with Crippen LogP contribution in [0, 0.1) is 0 Å². The van der Waals surface area contributed by atoms with E-state index in [1.54, 1.807) is 0 Å². The maximum Gasteiger partial charge on any atom is 0.0651 e. The number of hydrogen-bond donors (Lipinski definition) is 2. The Morgan fingerprint density at radius 1 is 1.38 bits per heavy atom. The molecule has 1 aromatic heterocycles. The van der Waals surface area contributed by atoms with E-state index >= 15 is 0 Å². The number of benzene rings is 1. The van der Waals surface area contributed by atoms with Crippen LogP contribution in [0.15, 0.2) is 24.4 Å². The highest BCUT2D eigenvalue weighted by Gasteiger charge is 1.98. The van der Waals surface area contributed by atoms with Crippen molar-refractivity contribution in [1.82, 2.24) is 10.2 Å². The van der Waals surface area contributed by atoms with Crippen molar-refractivity contribution in [2.45, 2.75) is 19.9 Å². The van der Waals surface area contributed by atoms with Crippen LogP contribution in [0.2, 0.25) is 0 Å². The van der Waals surface area contributed by atoms with Gasteiger partial charge in [0.05, 0.1) is 11.7 Å². The molecular formula is C10H13N3. The van der Waals surface area contributed by atoms with Crippen molar-refractivity contribution in [3.63, 3.8) is 0 Å². The van der Waals surface area contributed by atoms with E-state index in [2.05, 4.69) is 41.5 Å². The number of aromatic nitrogens is 2. The Hall–Kier alpha value is -1.51. The summed E-state index contributed by atoms with van der Waals surface area (Å²) in [5, 5.41) is 11.4. The average Bonchev–Trinajstić information content (AvgIpc) is 2.49. The van der Waals surface area contributed by atoms with Crippen molar-refractivity contribution in [1.29, 1.82) is 0 Å². The van der Waals surface area contributed by atoms with Gasteiger partial charge in [-0.05, 0) is 32.0 Å². The van der Waals surface area contributed by atoms with Gasteiger partial charge in [0.2, 0.25) is 0 Å². The lowest BCUT2D eigenvalue weighted by molar-refractivity contribution is 0.900. The van der Waals surface area contributed by atoms with Crippen molar-refractivity contribution < 1.29 is 0 Å². The second-order valence-corrected chi connectivity index (χ2v) is 3.47. The maximum atomic E-state index is 3.97. The predicted octanol–water partition coefficient (Wildman–Crippen LogP) is 2.38. The molecule has 0 aliphatic carbocycles. The quantitative estimate of drug-likeness (QED) is 0.735. The number of fused-ring (bicyclic) bond motifs is 1. The Morgan fingerprint density at radius 3 is 3.00 bits per heavy atom. The molecule has 2 rings (SSSR count). The summed E-state index contributed by atoms with van der Waals surface area (Å²) in [6, 6.07) is 6.65. The number of aromatic amines is 1. The van der Waals surface area contributed by atoms with Gasteiger partial charge in [-0.2, -0.15) is 5.10 Å². The fraction of sp³-hybridized carbons (Fsp3) is 0.300. The molecule has 3 nitrogen and oxygen atoms in total. The first-order valence-electron chi connectivity index (χ1n) is 4.45. The SMILES string of the molecule is CC(C)Nc1ccc2[nH]ncc2c1. The highest BCUT2D eigenvalue weighted by atomic mass is 15.1. The molecule has 2 N–H and O–H groups in total. The van der Waals surface area contributed by atoms with E-state index in [4.69, 9.17) is 0 Å². The van der Waals surface area contributed by atoms with Gasteiger partial charge in [-0.25, -0.2) is 0 Å². The summed E-state index contributed by atoms with van der Waals surface area (Å²) >= 11 is 0. The van der Waals surface area contributed by atoms with Gasteiger partial charge in [-0.15, -0.1) is 0 Å². The smallest absolute Gasteiger partial charge is 0.0651 e. The number of H-pyrrole nitrogens is 1. The minimum Gasteiger partial charge on any atom is -0.383 e. The van der Waals surface area contributed by atoms with E-state index in [1.165, 1.54) is 0 Å². The molecule has 0 fully saturated rings. The van der Waals surface area contributed by atoms with E-state index in [0.717, 1.165) is 16.6 Å². The highest BCUT2D eigenvalue weighted by Crippen LogP contribution is 2.16. The van der Waals surface area contributed by atoms with Crippen molar-refractivity contribution in [3.05, 3.63) is 24.4 Å². The molecule has 1 aromatic carbocycles. The van der Waals surface area contributed by atoms with E-state index in [1.807, 2.05) is 12.3 Å². The Balaban J connectivity index is 2.37. The summed E-state index contributed by atoms with van der Waals surface area (Å²) in [6.45, 7) is 4.25. The molecule has 2 aromatic rings. The third kappa shape index (κ3) is 1.64. The third-order valence-corrected chi connectivity index (χ3v) is 1.90. The molecular weight excluding hydrogens is 162 g/mol. The van der Waals surface area contributed by atoms with E-state index in [0.29, 0.717) is 6.04 Å². The predicted molar refractivity (Wildman–Crippen MR) is 54.9 cm³/mol. The van der Waals surface area contributed by atoms with Gasteiger partial charge >= 0.3 is 0 Å². The highest BCUT2D eigenvalue weighted by molar-refractivity contribution is 5.81. The topological polar surface area (TPSA) is 40.7 Å². The molecule has 68 valence electrons. The van der Waals surface area contributed by atoms with Crippen LogP contribution in [0.4, 0.5) is 5.69 Å². The minimum atomic E-state index is 0.462. The number of rotatable bonds is 2. The molecule has 0 saturated heterocycles. The Morgan fingerprint density at radius 2 is 2.23 bits per heavy atom. The third-order valence-electron chi connectivity index (χ3n) is 1.90. The largest absolute Gasteiger partial charge is 0.383 e. The number of nitrogens with one attached hydrogen (secondary N) is 2. The van der Waals surface area contributed by atoms with Gasteiger partial charge in [0, 0.05) is 17.1 Å². The lowest BCUT2D eigenvalue weighted by Gasteiger charge is -2.09. The second kappa shape index (κ2) is 3.09. The maximum absolute atomic E-state index is 3.97. The lowest BCUT2D eigenvalue weighted by atomic mass is 10.2. The first kappa shape index (κ1) is 8.10. The Labute approximate surface area is 77.2 Å². The monoisotopic (exact) mass is 175 g/mol. The summed E-state index contributed by atoms with van der Waals surface area (Å²) in [5.74, 6) is 0. The second-order valence-electron chi connectivity index (χ2n) is 3.47. The normalized spacial score (nSPS) is 11.0. The minimum absolute atomic E-state index is 0.462. The van der Waals surface area contributed by atoms with Crippen LogP contribution in [-0.2, 0) is 0 Å². The Kier molecular flexibility index (Phi) is 1.93. The zero-order valence-electron chi connectivity index (χ0n) is 7.83. The van der Waals surface area contributed by atoms with Crippen molar-refractivity contribution in [3.8, 4) is 0 Å². The molecule has 0 saturated carbocycles. The molecule has 3 heteroatoms. The molecule has 0 aliphatic rings. The van der Waals surface area contributed by atoms with E-state index in [9.17, 15) is 0 Å². The van der Waals surface area contributed by atoms with Gasteiger partial charge in [0.15, 0.2) is 0 Å². The molecule has 0 radical (unpaired) electrons. The molecule has 1 heterocycles. The number of nitrogens with zero attached hydrogens (tertiary/aromatic N) is 1. The summed E-state index contributed by atoms with van der Waals surface area (Å²) < 4.78 is 0. The molecule has 0 atom stereocenters. The summed E-state index contributed by atoms with van der Waals surface area (Å²) in [5.41, 5.74) is 2.22. The van der Waals surface area contributed by atoms with Crippen LogP contribution in [0.5, 0.6) is 0 Å². The van der Waals surface area contributed by atoms with Crippen LogP contribution in [0.25, 0.3) is 10.9 Å². The zero-order valence-corrected chi connectivity index (χ0v) is 7.83. The van der Waals surface area contributed by atoms with Gasteiger partial charge in [0.25, 0.3) is 0 Å².